The molecule has 0 spiro atoms. The lowest BCUT2D eigenvalue weighted by molar-refractivity contribution is 0.179. The highest BCUT2D eigenvalue weighted by Gasteiger charge is 2.18. The van der Waals surface area contributed by atoms with E-state index in [0.29, 0.717) is 40.2 Å². The minimum Gasteiger partial charge on any atom is -0.428 e. The Bertz CT molecular complexity index is 1960. The summed E-state index contributed by atoms with van der Waals surface area (Å²) in [5.41, 5.74) is 1.29. The van der Waals surface area contributed by atoms with Crippen molar-refractivity contribution in [3.05, 3.63) is 106 Å². The fourth-order valence-electron chi connectivity index (χ4n) is 9.21. The third kappa shape index (κ3) is 22.1. The van der Waals surface area contributed by atoms with E-state index in [4.69, 9.17) is 33.2 Å². The highest BCUT2D eigenvalue weighted by atomic mass is 35.5. The second kappa shape index (κ2) is 34.7. The summed E-state index contributed by atoms with van der Waals surface area (Å²) in [7, 11) is 0. The van der Waals surface area contributed by atoms with Gasteiger partial charge in [0.15, 0.2) is 0 Å². The smallest absolute Gasteiger partial charge is 0.0901 e. The van der Waals surface area contributed by atoms with E-state index < -0.39 is 0 Å². The van der Waals surface area contributed by atoms with Gasteiger partial charge in [0.1, 0.15) is 0 Å². The maximum absolute atomic E-state index is 10.5. The van der Waals surface area contributed by atoms with Crippen molar-refractivity contribution in [2.45, 2.75) is 200 Å². The molecule has 0 aliphatic rings. The summed E-state index contributed by atoms with van der Waals surface area (Å²) in [5, 5.41) is 25.7. The van der Waals surface area contributed by atoms with Crippen LogP contribution in [0.5, 0.6) is 0 Å². The van der Waals surface area contributed by atoms with Crippen LogP contribution in [0.4, 0.5) is 0 Å². The second-order valence-corrected chi connectivity index (χ2v) is 19.5. The molecule has 0 radical (unpaired) electrons. The Morgan fingerprint density at radius 1 is 0.485 bits per heavy atom. The molecule has 0 fully saturated rings. The molecule has 0 bridgehead atoms. The molecule has 0 amide bonds. The van der Waals surface area contributed by atoms with Gasteiger partial charge in [0.25, 0.3) is 0 Å². The number of pyridine rings is 2. The molecule has 0 aliphatic carbocycles. The molecule has 0 aliphatic heterocycles. The number of allylic oxidation sites excluding steroid dienone is 4. The van der Waals surface area contributed by atoms with Crippen molar-refractivity contribution in [1.82, 2.24) is 14.4 Å². The third-order valence-electron chi connectivity index (χ3n) is 13.2. The van der Waals surface area contributed by atoms with E-state index >= 15 is 0 Å². The van der Waals surface area contributed by atoms with Crippen LogP contribution in [0.15, 0.2) is 95.2 Å². The topological polar surface area (TPSA) is 78.3 Å². The lowest BCUT2D eigenvalue weighted by Crippen LogP contribution is -2.39. The molecular formula is C57H87Cl2N5O2. The maximum atomic E-state index is 10.5. The normalized spacial score (nSPS) is 12.8. The predicted molar refractivity (Wildman–Crippen MR) is 283 cm³/mol. The molecule has 0 unspecified atom stereocenters. The molecule has 0 saturated heterocycles. The summed E-state index contributed by atoms with van der Waals surface area (Å²) < 4.78 is 2.23. The van der Waals surface area contributed by atoms with Gasteiger partial charge >= 0.3 is 0 Å². The van der Waals surface area contributed by atoms with Crippen molar-refractivity contribution in [3.8, 4) is 0 Å². The first kappa shape index (κ1) is 55.1. The number of unbranched alkanes of at least 4 members (excludes halogenated alkanes) is 22. The molecule has 2 aromatic heterocycles. The number of rotatable bonds is 37. The Morgan fingerprint density at radius 2 is 0.833 bits per heavy atom. The zero-order chi connectivity index (χ0) is 46.9. The lowest BCUT2D eigenvalue weighted by Gasteiger charge is -2.31. The van der Waals surface area contributed by atoms with E-state index in [1.807, 2.05) is 36.4 Å². The zero-order valence-corrected chi connectivity index (χ0v) is 42.7. The maximum Gasteiger partial charge on any atom is 0.0901 e. The summed E-state index contributed by atoms with van der Waals surface area (Å²) in [5.74, 6) is 0. The Morgan fingerprint density at radius 3 is 1.21 bits per heavy atom. The van der Waals surface area contributed by atoms with Crippen molar-refractivity contribution in [1.29, 1.82) is 0 Å². The third-order valence-corrected chi connectivity index (χ3v) is 13.6. The molecule has 7 nitrogen and oxygen atoms in total. The summed E-state index contributed by atoms with van der Waals surface area (Å²) in [6.45, 7) is 7.49. The van der Waals surface area contributed by atoms with Crippen molar-refractivity contribution < 1.29 is 10.4 Å². The van der Waals surface area contributed by atoms with Gasteiger partial charge in [-0.15, -0.1) is 0 Å². The van der Waals surface area contributed by atoms with E-state index in [-0.39, 0.29) is 0 Å². The van der Waals surface area contributed by atoms with Gasteiger partial charge in [-0.25, -0.2) is 0 Å². The summed E-state index contributed by atoms with van der Waals surface area (Å²) >= 11 is 12.6. The lowest BCUT2D eigenvalue weighted by atomic mass is 9.98. The van der Waals surface area contributed by atoms with Crippen LogP contribution in [0.25, 0.3) is 21.8 Å². The van der Waals surface area contributed by atoms with Crippen LogP contribution in [-0.4, -0.2) is 57.0 Å². The van der Waals surface area contributed by atoms with E-state index in [1.165, 1.54) is 180 Å². The van der Waals surface area contributed by atoms with Crippen LogP contribution < -0.4 is 10.7 Å². The molecule has 366 valence electrons. The number of aromatic nitrogens is 2. The molecule has 4 aromatic rings. The Kier molecular flexibility index (Phi) is 29.0. The quantitative estimate of drug-likeness (QED) is 0.0269. The van der Waals surface area contributed by atoms with Crippen molar-refractivity contribution >= 4 is 45.0 Å². The number of fused-ring (bicyclic) bond motifs is 2. The average molecular weight is 945 g/mol. The Balaban J connectivity index is 1.38. The fourth-order valence-corrected chi connectivity index (χ4v) is 9.54. The molecule has 2 aromatic carbocycles. The molecular weight excluding hydrogens is 858 g/mol. The van der Waals surface area contributed by atoms with Crippen LogP contribution in [0.3, 0.4) is 0 Å². The molecule has 2 heterocycles. The van der Waals surface area contributed by atoms with Crippen LogP contribution in [0, 0.1) is 0 Å². The van der Waals surface area contributed by atoms with Gasteiger partial charge in [0.2, 0.25) is 0 Å². The van der Waals surface area contributed by atoms with Gasteiger partial charge in [0, 0.05) is 52.3 Å². The highest BCUT2D eigenvalue weighted by Crippen LogP contribution is 2.21. The number of benzene rings is 2. The van der Waals surface area contributed by atoms with E-state index in [1.54, 1.807) is 24.5 Å². The monoisotopic (exact) mass is 944 g/mol. The summed E-state index contributed by atoms with van der Waals surface area (Å²) in [6.07, 6.45) is 49.4. The first-order valence-corrected chi connectivity index (χ1v) is 27.2. The van der Waals surface area contributed by atoms with Crippen molar-refractivity contribution in [3.63, 3.8) is 0 Å². The molecule has 66 heavy (non-hydrogen) atoms. The largest absolute Gasteiger partial charge is 0.428 e. The summed E-state index contributed by atoms with van der Waals surface area (Å²) in [6, 6.07) is 15.4. The highest BCUT2D eigenvalue weighted by molar-refractivity contribution is 6.31. The van der Waals surface area contributed by atoms with Gasteiger partial charge in [-0.1, -0.05) is 177 Å². The molecule has 0 atom stereocenters. The molecule has 4 rings (SSSR count). The van der Waals surface area contributed by atoms with Gasteiger partial charge in [-0.3, -0.25) is 14.9 Å². The van der Waals surface area contributed by atoms with E-state index in [0.717, 1.165) is 44.0 Å². The minimum atomic E-state index is 0.446. The Labute approximate surface area is 409 Å². The van der Waals surface area contributed by atoms with Crippen LogP contribution in [-0.2, 0) is 0 Å². The van der Waals surface area contributed by atoms with Crippen LogP contribution in [0.2, 0.25) is 10.0 Å². The summed E-state index contributed by atoms with van der Waals surface area (Å²) in [4.78, 5) is 12.9. The minimum absolute atomic E-state index is 0.446. The number of nitrogens with zero attached hydrogens (tertiary/aromatic N) is 5. The van der Waals surface area contributed by atoms with Crippen molar-refractivity contribution in [2.75, 3.05) is 26.2 Å². The number of hydrogen-bond donors (Lipinski definition) is 2. The molecule has 9 heteroatoms. The van der Waals surface area contributed by atoms with E-state index in [9.17, 15) is 10.4 Å². The first-order chi connectivity index (χ1) is 32.4. The molecule has 0 saturated carbocycles. The van der Waals surface area contributed by atoms with Gasteiger partial charge in [-0.2, -0.15) is 9.46 Å². The first-order valence-electron chi connectivity index (χ1n) is 26.5. The van der Waals surface area contributed by atoms with Gasteiger partial charge < -0.3 is 10.4 Å². The number of hydrogen-bond acceptors (Lipinski definition) is 5. The fraction of sp³-hybridized carbons (Fsp3) is 0.614. The van der Waals surface area contributed by atoms with Gasteiger partial charge in [0.05, 0.1) is 34.8 Å². The van der Waals surface area contributed by atoms with E-state index in [2.05, 4.69) is 43.1 Å². The van der Waals surface area contributed by atoms with Gasteiger partial charge in [-0.05, 0) is 113 Å². The number of halogens is 2. The molecule has 2 N–H and O–H groups in total. The Hall–Kier alpha value is -3.52. The van der Waals surface area contributed by atoms with Crippen LogP contribution in [0.1, 0.15) is 194 Å². The zero-order valence-electron chi connectivity index (χ0n) is 41.2. The predicted octanol–water partition coefficient (Wildman–Crippen LogP) is 16.6. The SMILES string of the molecule is CCCCCCCC/C=C/CCCCCCCC(CCCCCCC/C=C/CCCCCCCC)N(CCN=c1ccn(O)c2cc(Cl)ccc12)CCN=c1ccn(O)c2cc(Cl)ccc12. The van der Waals surface area contributed by atoms with Crippen molar-refractivity contribution in [2.24, 2.45) is 9.98 Å². The second-order valence-electron chi connectivity index (χ2n) is 18.6. The standard InChI is InChI=1S/C57H87Cl2N5O2/c1-3-5-7-9-11-13-15-17-19-21-23-25-27-29-31-33-51(34-32-30-28-26-24-22-20-18-16-14-12-10-8-6-4-2)62(45-41-60-54-39-43-63(65)56-47-49(58)35-37-52(54)56)46-42-61-55-40-44-64(66)57-48-50(59)36-38-53(55)57/h17-20,35-40,43-44,47-48,51,65-66H,3-16,21-34,41-42,45-46H2,1-2H3/b19-17+,20-18+,60-54?,61-55?. The van der Waals surface area contributed by atoms with Crippen LogP contribution >= 0.6 is 23.2 Å². The average Bonchev–Trinajstić information content (AvgIpc) is 3.32.